The number of aryl methyl sites for hydroxylation is 1. The summed E-state index contributed by atoms with van der Waals surface area (Å²) in [5.74, 6) is -0.183. The molecule has 22 heavy (non-hydrogen) atoms. The predicted molar refractivity (Wildman–Crippen MR) is 90.8 cm³/mol. The van der Waals surface area contributed by atoms with Gasteiger partial charge in [-0.05, 0) is 18.6 Å². The average molecular weight is 339 g/mol. The summed E-state index contributed by atoms with van der Waals surface area (Å²) in [5.41, 5.74) is 2.39. The largest absolute Gasteiger partial charge is 0.377 e. The van der Waals surface area contributed by atoms with Crippen LogP contribution in [-0.4, -0.2) is 20.0 Å². The Morgan fingerprint density at radius 1 is 1.18 bits per heavy atom. The van der Waals surface area contributed by atoms with Gasteiger partial charge in [-0.25, -0.2) is 0 Å². The van der Waals surface area contributed by atoms with E-state index < -0.39 is 0 Å². The molecule has 1 N–H and O–H groups in total. The van der Waals surface area contributed by atoms with E-state index in [0.29, 0.717) is 15.7 Å². The minimum atomic E-state index is -0.183. The van der Waals surface area contributed by atoms with Gasteiger partial charge in [0.05, 0.1) is 15.7 Å². The fourth-order valence-corrected chi connectivity index (χ4v) is 2.43. The number of rotatable bonds is 4. The molecule has 0 aliphatic heterocycles. The Balaban J connectivity index is 2.09. The van der Waals surface area contributed by atoms with Gasteiger partial charge in [0.1, 0.15) is 0 Å². The third-order valence-electron chi connectivity index (χ3n) is 3.26. The molecule has 0 unspecified atom stereocenters. The number of aromatic nitrogens is 1. The maximum absolute atomic E-state index is 12.2. The molecule has 0 saturated heterocycles. The third-order valence-corrected chi connectivity index (χ3v) is 4.07. The number of benzene rings is 1. The molecular formula is C16H18Cl2N3O+. The van der Waals surface area contributed by atoms with Gasteiger partial charge < -0.3 is 10.2 Å². The topological polar surface area (TPSA) is 36.2 Å². The minimum Gasteiger partial charge on any atom is -0.377 e. The van der Waals surface area contributed by atoms with E-state index in [0.717, 1.165) is 11.3 Å². The highest BCUT2D eigenvalue weighted by Crippen LogP contribution is 2.32. The van der Waals surface area contributed by atoms with Crippen LogP contribution in [0.3, 0.4) is 0 Å². The lowest BCUT2D eigenvalue weighted by Gasteiger charge is -2.11. The predicted octanol–water partition coefficient (Wildman–Crippen LogP) is 3.29. The highest BCUT2D eigenvalue weighted by molar-refractivity contribution is 6.40. The standard InChI is InChI=1S/C16H17Cl2N3O/c1-11-4-5-13(17)16(15(11)18)19-14(22)10-21-8-6-12(7-9-21)20(2)3/h4-9H,10H2,1-3H3/p+1. The number of halogens is 2. The Kier molecular flexibility index (Phi) is 5.27. The maximum Gasteiger partial charge on any atom is 0.290 e. The van der Waals surface area contributed by atoms with Gasteiger partial charge in [0.2, 0.25) is 6.54 Å². The second-order valence-corrected chi connectivity index (χ2v) is 6.01. The Morgan fingerprint density at radius 2 is 1.82 bits per heavy atom. The van der Waals surface area contributed by atoms with Crippen molar-refractivity contribution in [3.05, 3.63) is 52.3 Å². The summed E-state index contributed by atoms with van der Waals surface area (Å²) >= 11 is 12.3. The normalized spacial score (nSPS) is 10.4. The summed E-state index contributed by atoms with van der Waals surface area (Å²) in [6.07, 6.45) is 3.71. The summed E-state index contributed by atoms with van der Waals surface area (Å²) < 4.78 is 1.79. The molecule has 0 aliphatic carbocycles. The van der Waals surface area contributed by atoms with Crippen molar-refractivity contribution in [3.63, 3.8) is 0 Å². The van der Waals surface area contributed by atoms with Crippen LogP contribution in [0.25, 0.3) is 0 Å². The van der Waals surface area contributed by atoms with E-state index in [4.69, 9.17) is 23.2 Å². The lowest BCUT2D eigenvalue weighted by molar-refractivity contribution is -0.684. The number of nitrogens with one attached hydrogen (secondary N) is 1. The molecule has 1 heterocycles. The highest BCUT2D eigenvalue weighted by Gasteiger charge is 2.15. The smallest absolute Gasteiger partial charge is 0.290 e. The minimum absolute atomic E-state index is 0.183. The van der Waals surface area contributed by atoms with Gasteiger partial charge in [-0.3, -0.25) is 4.79 Å². The third kappa shape index (κ3) is 3.90. The van der Waals surface area contributed by atoms with E-state index in [-0.39, 0.29) is 12.5 Å². The summed E-state index contributed by atoms with van der Waals surface area (Å²) in [5, 5.41) is 3.67. The summed E-state index contributed by atoms with van der Waals surface area (Å²) in [6.45, 7) is 2.05. The Morgan fingerprint density at radius 3 is 2.41 bits per heavy atom. The Bertz CT molecular complexity index is 685. The Hall–Kier alpha value is -1.78. The van der Waals surface area contributed by atoms with Crippen LogP contribution < -0.4 is 14.8 Å². The molecule has 0 fully saturated rings. The SMILES string of the molecule is Cc1ccc(Cl)c(NC(=O)C[n+]2ccc(N(C)C)cc2)c1Cl. The number of pyridine rings is 1. The molecule has 0 spiro atoms. The summed E-state index contributed by atoms with van der Waals surface area (Å²) in [4.78, 5) is 14.2. The number of carbonyl (C=O) groups excluding carboxylic acids is 1. The maximum atomic E-state index is 12.2. The van der Waals surface area contributed by atoms with E-state index in [9.17, 15) is 4.79 Å². The van der Waals surface area contributed by atoms with Crippen molar-refractivity contribution in [2.24, 2.45) is 0 Å². The van der Waals surface area contributed by atoms with Gasteiger partial charge in [0.15, 0.2) is 12.4 Å². The van der Waals surface area contributed by atoms with E-state index in [1.54, 1.807) is 10.6 Å². The second-order valence-electron chi connectivity index (χ2n) is 5.22. The molecule has 4 nitrogen and oxygen atoms in total. The molecule has 0 aliphatic rings. The van der Waals surface area contributed by atoms with Crippen molar-refractivity contribution in [3.8, 4) is 0 Å². The zero-order valence-corrected chi connectivity index (χ0v) is 14.2. The molecule has 1 amide bonds. The van der Waals surface area contributed by atoms with Crippen molar-refractivity contribution >= 4 is 40.5 Å². The fourth-order valence-electron chi connectivity index (χ4n) is 1.97. The fraction of sp³-hybridized carbons (Fsp3) is 0.250. The molecule has 2 rings (SSSR count). The summed E-state index contributed by atoms with van der Waals surface area (Å²) in [6, 6.07) is 7.42. The van der Waals surface area contributed by atoms with Gasteiger partial charge in [-0.1, -0.05) is 29.3 Å². The van der Waals surface area contributed by atoms with Crippen LogP contribution in [0.1, 0.15) is 5.56 Å². The number of anilines is 2. The lowest BCUT2D eigenvalue weighted by atomic mass is 10.2. The lowest BCUT2D eigenvalue weighted by Crippen LogP contribution is -2.39. The van der Waals surface area contributed by atoms with Gasteiger partial charge in [0.25, 0.3) is 5.91 Å². The van der Waals surface area contributed by atoms with Crippen LogP contribution in [0.15, 0.2) is 36.7 Å². The van der Waals surface area contributed by atoms with Crippen LogP contribution in [0.5, 0.6) is 0 Å². The van der Waals surface area contributed by atoms with Gasteiger partial charge in [-0.2, -0.15) is 4.57 Å². The first-order chi connectivity index (χ1) is 10.4. The van der Waals surface area contributed by atoms with Gasteiger partial charge in [-0.15, -0.1) is 0 Å². The second kappa shape index (κ2) is 6.99. The van der Waals surface area contributed by atoms with Crippen molar-refractivity contribution < 1.29 is 9.36 Å². The molecule has 1 aromatic heterocycles. The molecule has 2 aromatic rings. The van der Waals surface area contributed by atoms with Crippen molar-refractivity contribution in [1.29, 1.82) is 0 Å². The molecule has 0 saturated carbocycles. The first kappa shape index (κ1) is 16.6. The zero-order valence-electron chi connectivity index (χ0n) is 12.7. The summed E-state index contributed by atoms with van der Waals surface area (Å²) in [7, 11) is 3.93. The van der Waals surface area contributed by atoms with E-state index >= 15 is 0 Å². The van der Waals surface area contributed by atoms with E-state index in [1.807, 2.05) is 56.5 Å². The molecule has 6 heteroatoms. The highest BCUT2D eigenvalue weighted by atomic mass is 35.5. The monoisotopic (exact) mass is 338 g/mol. The van der Waals surface area contributed by atoms with E-state index in [2.05, 4.69) is 5.32 Å². The number of carbonyl (C=O) groups is 1. The van der Waals surface area contributed by atoms with Crippen LogP contribution >= 0.6 is 23.2 Å². The van der Waals surface area contributed by atoms with Crippen LogP contribution in [0, 0.1) is 6.92 Å². The Labute approximate surface area is 140 Å². The first-order valence-corrected chi connectivity index (χ1v) is 7.55. The number of hydrogen-bond acceptors (Lipinski definition) is 2. The number of amides is 1. The molecule has 116 valence electrons. The van der Waals surface area contributed by atoms with Crippen LogP contribution in [0.2, 0.25) is 10.0 Å². The quantitative estimate of drug-likeness (QED) is 0.868. The van der Waals surface area contributed by atoms with E-state index in [1.165, 1.54) is 0 Å². The zero-order chi connectivity index (χ0) is 16.3. The first-order valence-electron chi connectivity index (χ1n) is 6.79. The average Bonchev–Trinajstić information content (AvgIpc) is 2.48. The molecule has 1 aromatic carbocycles. The molecule has 0 bridgehead atoms. The molecular weight excluding hydrogens is 321 g/mol. The van der Waals surface area contributed by atoms with Crippen molar-refractivity contribution in [2.45, 2.75) is 13.5 Å². The van der Waals surface area contributed by atoms with Crippen LogP contribution in [-0.2, 0) is 11.3 Å². The molecule has 0 radical (unpaired) electrons. The van der Waals surface area contributed by atoms with Crippen molar-refractivity contribution in [1.82, 2.24) is 0 Å². The number of hydrogen-bond donors (Lipinski definition) is 1. The molecule has 0 atom stereocenters. The van der Waals surface area contributed by atoms with Gasteiger partial charge in [0, 0.05) is 31.9 Å². The van der Waals surface area contributed by atoms with Crippen molar-refractivity contribution in [2.75, 3.05) is 24.3 Å². The number of nitrogens with zero attached hydrogens (tertiary/aromatic N) is 2. The van der Waals surface area contributed by atoms with Crippen LogP contribution in [0.4, 0.5) is 11.4 Å². The van der Waals surface area contributed by atoms with Gasteiger partial charge >= 0.3 is 0 Å².